The molecule has 1 unspecified atom stereocenters. The van der Waals surface area contributed by atoms with Gasteiger partial charge in [-0.05, 0) is 49.8 Å². The third-order valence-corrected chi connectivity index (χ3v) is 5.37. The Kier molecular flexibility index (Phi) is 5.51. The van der Waals surface area contributed by atoms with Crippen molar-refractivity contribution in [1.82, 2.24) is 4.90 Å². The molecule has 5 heteroatoms. The first-order chi connectivity index (χ1) is 11.6. The van der Waals surface area contributed by atoms with Crippen LogP contribution in [-0.2, 0) is 20.7 Å². The number of amides is 1. The van der Waals surface area contributed by atoms with Gasteiger partial charge in [0.1, 0.15) is 5.82 Å². The van der Waals surface area contributed by atoms with Gasteiger partial charge in [-0.25, -0.2) is 4.39 Å². The summed E-state index contributed by atoms with van der Waals surface area (Å²) in [5.41, 5.74) is 0.786. The summed E-state index contributed by atoms with van der Waals surface area (Å²) in [7, 11) is 1.75. The number of aryl methyl sites for hydroxylation is 1. The quantitative estimate of drug-likeness (QED) is 0.849. The lowest BCUT2D eigenvalue weighted by Gasteiger charge is -2.48. The van der Waals surface area contributed by atoms with Crippen LogP contribution in [0.4, 0.5) is 4.39 Å². The Morgan fingerprint density at radius 1 is 1.33 bits per heavy atom. The van der Waals surface area contributed by atoms with Crippen LogP contribution in [0.25, 0.3) is 0 Å². The molecule has 0 radical (unpaired) electrons. The topological polar surface area (TPSA) is 38.8 Å². The third-order valence-electron chi connectivity index (χ3n) is 5.37. The van der Waals surface area contributed by atoms with Gasteiger partial charge >= 0.3 is 0 Å². The van der Waals surface area contributed by atoms with Crippen LogP contribution in [0.15, 0.2) is 24.3 Å². The van der Waals surface area contributed by atoms with Crippen molar-refractivity contribution < 1.29 is 18.7 Å². The van der Waals surface area contributed by atoms with E-state index in [9.17, 15) is 9.18 Å². The number of methoxy groups -OCH3 is 1. The Balaban J connectivity index is 1.50. The lowest BCUT2D eigenvalue weighted by molar-refractivity contribution is -0.188. The highest BCUT2D eigenvalue weighted by Gasteiger charge is 2.45. The van der Waals surface area contributed by atoms with Crippen LogP contribution < -0.4 is 0 Å². The molecule has 2 aliphatic rings. The molecule has 3 rings (SSSR count). The van der Waals surface area contributed by atoms with Gasteiger partial charge in [0, 0.05) is 33.2 Å². The standard InChI is InChI=1S/C19H26FNO3/c1-23-17-3-2-14-24-19(17)10-12-21(13-11-19)18(22)9-6-15-4-7-16(20)8-5-15/h4-5,7-8,17H,2-3,6,9-14H2,1H3. The summed E-state index contributed by atoms with van der Waals surface area (Å²) < 4.78 is 24.6. The maximum atomic E-state index is 12.9. The Morgan fingerprint density at radius 2 is 2.04 bits per heavy atom. The smallest absolute Gasteiger partial charge is 0.222 e. The SMILES string of the molecule is COC1CCCOC12CCN(C(=O)CCc1ccc(F)cc1)CC2. The molecule has 1 aromatic carbocycles. The number of carbonyl (C=O) groups is 1. The lowest BCUT2D eigenvalue weighted by Crippen LogP contribution is -2.56. The van der Waals surface area contributed by atoms with Gasteiger partial charge in [0.2, 0.25) is 5.91 Å². The molecule has 1 amide bonds. The number of piperidine rings is 1. The molecule has 2 aliphatic heterocycles. The van der Waals surface area contributed by atoms with Gasteiger partial charge in [0.25, 0.3) is 0 Å². The van der Waals surface area contributed by atoms with Crippen molar-refractivity contribution in [3.63, 3.8) is 0 Å². The molecular weight excluding hydrogens is 309 g/mol. The maximum Gasteiger partial charge on any atom is 0.222 e. The van der Waals surface area contributed by atoms with Crippen LogP contribution >= 0.6 is 0 Å². The number of rotatable bonds is 4. The monoisotopic (exact) mass is 335 g/mol. The Labute approximate surface area is 142 Å². The second kappa shape index (κ2) is 7.62. The predicted molar refractivity (Wildman–Crippen MR) is 89.2 cm³/mol. The minimum atomic E-state index is -0.244. The average Bonchev–Trinajstić information content (AvgIpc) is 2.62. The van der Waals surface area contributed by atoms with Crippen molar-refractivity contribution in [3.8, 4) is 0 Å². The molecule has 24 heavy (non-hydrogen) atoms. The largest absolute Gasteiger partial charge is 0.378 e. The predicted octanol–water partition coefficient (Wildman–Crippen LogP) is 2.94. The number of benzene rings is 1. The van der Waals surface area contributed by atoms with E-state index in [0.717, 1.165) is 50.9 Å². The molecule has 2 heterocycles. The summed E-state index contributed by atoms with van der Waals surface area (Å²) in [6, 6.07) is 6.37. The molecule has 2 saturated heterocycles. The summed E-state index contributed by atoms with van der Waals surface area (Å²) in [6.07, 6.45) is 5.02. The Bertz CT molecular complexity index is 552. The van der Waals surface area contributed by atoms with E-state index >= 15 is 0 Å². The van der Waals surface area contributed by atoms with Crippen LogP contribution in [0.1, 0.15) is 37.7 Å². The Morgan fingerprint density at radius 3 is 2.71 bits per heavy atom. The van der Waals surface area contributed by atoms with Gasteiger partial charge in [-0.2, -0.15) is 0 Å². The molecule has 0 aromatic heterocycles. The first-order valence-corrected chi connectivity index (χ1v) is 8.82. The van der Waals surface area contributed by atoms with Crippen LogP contribution in [0.3, 0.4) is 0 Å². The fourth-order valence-electron chi connectivity index (χ4n) is 3.89. The van der Waals surface area contributed by atoms with Crippen molar-refractivity contribution in [2.24, 2.45) is 0 Å². The van der Waals surface area contributed by atoms with E-state index in [0.29, 0.717) is 12.8 Å². The fourth-order valence-corrected chi connectivity index (χ4v) is 3.89. The highest BCUT2D eigenvalue weighted by Crippen LogP contribution is 2.36. The van der Waals surface area contributed by atoms with E-state index in [4.69, 9.17) is 9.47 Å². The number of ether oxygens (including phenoxy) is 2. The molecule has 0 aliphatic carbocycles. The number of nitrogens with zero attached hydrogens (tertiary/aromatic N) is 1. The number of likely N-dealkylation sites (tertiary alicyclic amines) is 1. The summed E-state index contributed by atoms with van der Waals surface area (Å²) in [5.74, 6) is -0.0782. The molecule has 1 atom stereocenters. The van der Waals surface area contributed by atoms with Crippen LogP contribution in [0.2, 0.25) is 0 Å². The lowest BCUT2D eigenvalue weighted by atomic mass is 9.81. The second-order valence-corrected chi connectivity index (χ2v) is 6.79. The van der Waals surface area contributed by atoms with Gasteiger partial charge in [0.15, 0.2) is 0 Å². The van der Waals surface area contributed by atoms with Crippen LogP contribution in [0.5, 0.6) is 0 Å². The number of halogens is 1. The summed E-state index contributed by atoms with van der Waals surface area (Å²) in [5, 5.41) is 0. The van der Waals surface area contributed by atoms with E-state index in [2.05, 4.69) is 0 Å². The minimum absolute atomic E-state index is 0.141. The number of carbonyl (C=O) groups excluding carboxylic acids is 1. The average molecular weight is 335 g/mol. The normalized spacial score (nSPS) is 23.4. The molecule has 1 aromatic rings. The van der Waals surface area contributed by atoms with Gasteiger partial charge in [-0.3, -0.25) is 4.79 Å². The van der Waals surface area contributed by atoms with Crippen molar-refractivity contribution in [1.29, 1.82) is 0 Å². The van der Waals surface area contributed by atoms with E-state index in [1.165, 1.54) is 12.1 Å². The van der Waals surface area contributed by atoms with E-state index in [-0.39, 0.29) is 23.4 Å². The van der Waals surface area contributed by atoms with E-state index in [1.54, 1.807) is 19.2 Å². The first-order valence-electron chi connectivity index (χ1n) is 8.82. The van der Waals surface area contributed by atoms with Gasteiger partial charge in [-0.15, -0.1) is 0 Å². The highest BCUT2D eigenvalue weighted by molar-refractivity contribution is 5.76. The number of hydrogen-bond donors (Lipinski definition) is 0. The van der Waals surface area contributed by atoms with Crippen molar-refractivity contribution in [2.75, 3.05) is 26.8 Å². The van der Waals surface area contributed by atoms with E-state index < -0.39 is 0 Å². The maximum absolute atomic E-state index is 12.9. The molecule has 0 N–H and O–H groups in total. The molecule has 132 valence electrons. The van der Waals surface area contributed by atoms with Crippen LogP contribution in [-0.4, -0.2) is 49.3 Å². The zero-order valence-electron chi connectivity index (χ0n) is 14.3. The third kappa shape index (κ3) is 3.78. The van der Waals surface area contributed by atoms with E-state index in [1.807, 2.05) is 4.90 Å². The van der Waals surface area contributed by atoms with Gasteiger partial charge < -0.3 is 14.4 Å². The van der Waals surface area contributed by atoms with Crippen molar-refractivity contribution >= 4 is 5.91 Å². The Hall–Kier alpha value is -1.46. The molecular formula is C19H26FNO3. The number of hydrogen-bond acceptors (Lipinski definition) is 3. The minimum Gasteiger partial charge on any atom is -0.378 e. The molecule has 2 fully saturated rings. The summed E-state index contributed by atoms with van der Waals surface area (Å²) in [4.78, 5) is 14.4. The van der Waals surface area contributed by atoms with Crippen molar-refractivity contribution in [2.45, 2.75) is 50.2 Å². The zero-order valence-corrected chi connectivity index (χ0v) is 14.3. The van der Waals surface area contributed by atoms with Gasteiger partial charge in [0.05, 0.1) is 11.7 Å². The summed E-state index contributed by atoms with van der Waals surface area (Å²) in [6.45, 7) is 2.24. The molecule has 1 spiro atoms. The molecule has 4 nitrogen and oxygen atoms in total. The highest BCUT2D eigenvalue weighted by atomic mass is 19.1. The zero-order chi connectivity index (χ0) is 17.0. The molecule has 0 saturated carbocycles. The molecule has 0 bridgehead atoms. The van der Waals surface area contributed by atoms with Crippen LogP contribution in [0, 0.1) is 5.82 Å². The second-order valence-electron chi connectivity index (χ2n) is 6.79. The first kappa shape index (κ1) is 17.4. The van der Waals surface area contributed by atoms with Gasteiger partial charge in [-0.1, -0.05) is 12.1 Å². The van der Waals surface area contributed by atoms with Crippen molar-refractivity contribution in [3.05, 3.63) is 35.6 Å². The summed E-state index contributed by atoms with van der Waals surface area (Å²) >= 11 is 0. The fraction of sp³-hybridized carbons (Fsp3) is 0.632.